The van der Waals surface area contributed by atoms with Crippen molar-refractivity contribution in [1.29, 1.82) is 0 Å². The molecule has 3 heteroatoms. The standard InChI is InChI=1S/C17H22N2O/c1-12-11-15(19-10-5-4-7-13(19)2)14-8-6-9-16(20-3)17(14)18-12/h6,8-9,11,13H,4-5,7,10H2,1-3H3. The first-order chi connectivity index (χ1) is 9.70. The Kier molecular flexibility index (Phi) is 3.51. The number of nitrogens with zero attached hydrogens (tertiary/aromatic N) is 2. The molecule has 3 rings (SSSR count). The van der Waals surface area contributed by atoms with E-state index in [1.807, 2.05) is 6.07 Å². The van der Waals surface area contributed by atoms with E-state index < -0.39 is 0 Å². The molecule has 1 aromatic heterocycles. The zero-order chi connectivity index (χ0) is 14.1. The zero-order valence-corrected chi connectivity index (χ0v) is 12.5. The molecule has 2 aromatic rings. The Morgan fingerprint density at radius 1 is 1.30 bits per heavy atom. The van der Waals surface area contributed by atoms with Crippen molar-refractivity contribution in [2.75, 3.05) is 18.6 Å². The van der Waals surface area contributed by atoms with E-state index in [0.717, 1.165) is 23.5 Å². The first-order valence-electron chi connectivity index (χ1n) is 7.41. The van der Waals surface area contributed by atoms with Crippen LogP contribution in [0, 0.1) is 6.92 Å². The van der Waals surface area contributed by atoms with Gasteiger partial charge in [-0.1, -0.05) is 12.1 Å². The molecule has 1 fully saturated rings. The van der Waals surface area contributed by atoms with Gasteiger partial charge in [-0.15, -0.1) is 0 Å². The van der Waals surface area contributed by atoms with Crippen molar-refractivity contribution < 1.29 is 4.74 Å². The minimum absolute atomic E-state index is 0.597. The summed E-state index contributed by atoms with van der Waals surface area (Å²) < 4.78 is 5.47. The fraction of sp³-hybridized carbons (Fsp3) is 0.471. The van der Waals surface area contributed by atoms with Gasteiger partial charge in [0.2, 0.25) is 0 Å². The third kappa shape index (κ3) is 2.21. The summed E-state index contributed by atoms with van der Waals surface area (Å²) >= 11 is 0. The number of benzene rings is 1. The third-order valence-corrected chi connectivity index (χ3v) is 4.24. The van der Waals surface area contributed by atoms with Crippen LogP contribution in [0.3, 0.4) is 0 Å². The van der Waals surface area contributed by atoms with Gasteiger partial charge in [0.1, 0.15) is 11.3 Å². The highest BCUT2D eigenvalue weighted by Gasteiger charge is 2.21. The van der Waals surface area contributed by atoms with E-state index in [2.05, 4.69) is 41.9 Å². The summed E-state index contributed by atoms with van der Waals surface area (Å²) in [6.45, 7) is 5.52. The topological polar surface area (TPSA) is 25.4 Å². The monoisotopic (exact) mass is 270 g/mol. The van der Waals surface area contributed by atoms with Crippen LogP contribution in [0.1, 0.15) is 31.9 Å². The Morgan fingerprint density at radius 2 is 2.15 bits per heavy atom. The number of ether oxygens (including phenoxy) is 1. The quantitative estimate of drug-likeness (QED) is 0.826. The lowest BCUT2D eigenvalue weighted by atomic mass is 10.0. The smallest absolute Gasteiger partial charge is 0.145 e. The summed E-state index contributed by atoms with van der Waals surface area (Å²) in [6.07, 6.45) is 3.88. The molecule has 1 saturated heterocycles. The molecule has 1 aliphatic rings. The molecule has 1 atom stereocenters. The lowest BCUT2D eigenvalue weighted by Gasteiger charge is -2.36. The molecule has 1 aliphatic heterocycles. The molecule has 1 unspecified atom stereocenters. The summed E-state index contributed by atoms with van der Waals surface area (Å²) in [5.74, 6) is 0.858. The van der Waals surface area contributed by atoms with Gasteiger partial charge in [-0.3, -0.25) is 0 Å². The Bertz CT molecular complexity index is 624. The number of anilines is 1. The van der Waals surface area contributed by atoms with E-state index in [4.69, 9.17) is 4.74 Å². The van der Waals surface area contributed by atoms with Crippen LogP contribution in [0.4, 0.5) is 5.69 Å². The van der Waals surface area contributed by atoms with Crippen LogP contribution in [0.15, 0.2) is 24.3 Å². The molecule has 0 N–H and O–H groups in total. The second kappa shape index (κ2) is 5.31. The number of aromatic nitrogens is 1. The van der Waals surface area contributed by atoms with Crippen LogP contribution < -0.4 is 9.64 Å². The summed E-state index contributed by atoms with van der Waals surface area (Å²) in [7, 11) is 1.71. The van der Waals surface area contributed by atoms with E-state index in [1.54, 1.807) is 7.11 Å². The predicted molar refractivity (Wildman–Crippen MR) is 83.7 cm³/mol. The van der Waals surface area contributed by atoms with Crippen LogP contribution in [0.5, 0.6) is 5.75 Å². The van der Waals surface area contributed by atoms with Crippen molar-refractivity contribution in [3.8, 4) is 5.75 Å². The highest BCUT2D eigenvalue weighted by atomic mass is 16.5. The van der Waals surface area contributed by atoms with Crippen molar-refractivity contribution in [3.05, 3.63) is 30.0 Å². The average molecular weight is 270 g/mol. The molecule has 2 heterocycles. The zero-order valence-electron chi connectivity index (χ0n) is 12.5. The van der Waals surface area contributed by atoms with E-state index in [0.29, 0.717) is 6.04 Å². The Balaban J connectivity index is 2.19. The molecule has 0 radical (unpaired) electrons. The number of methoxy groups -OCH3 is 1. The summed E-state index contributed by atoms with van der Waals surface area (Å²) in [5.41, 5.74) is 3.33. The highest BCUT2D eigenvalue weighted by Crippen LogP contribution is 2.34. The van der Waals surface area contributed by atoms with Gasteiger partial charge in [0.25, 0.3) is 0 Å². The van der Waals surface area contributed by atoms with E-state index in [9.17, 15) is 0 Å². The van der Waals surface area contributed by atoms with Crippen molar-refractivity contribution in [2.24, 2.45) is 0 Å². The molecule has 3 nitrogen and oxygen atoms in total. The second-order valence-corrected chi connectivity index (χ2v) is 5.68. The third-order valence-electron chi connectivity index (χ3n) is 4.24. The predicted octanol–water partition coefficient (Wildman–Crippen LogP) is 3.93. The maximum atomic E-state index is 5.47. The molecule has 0 bridgehead atoms. The maximum absolute atomic E-state index is 5.47. The number of rotatable bonds is 2. The minimum atomic E-state index is 0.597. The van der Waals surface area contributed by atoms with Gasteiger partial charge in [-0.25, -0.2) is 4.98 Å². The van der Waals surface area contributed by atoms with Crippen LogP contribution in [-0.4, -0.2) is 24.7 Å². The first-order valence-corrected chi connectivity index (χ1v) is 7.41. The normalized spacial score (nSPS) is 19.4. The number of hydrogen-bond acceptors (Lipinski definition) is 3. The van der Waals surface area contributed by atoms with Gasteiger partial charge >= 0.3 is 0 Å². The van der Waals surface area contributed by atoms with Crippen LogP contribution in [-0.2, 0) is 0 Å². The van der Waals surface area contributed by atoms with Gasteiger partial charge in [-0.2, -0.15) is 0 Å². The summed E-state index contributed by atoms with van der Waals surface area (Å²) in [4.78, 5) is 7.20. The minimum Gasteiger partial charge on any atom is -0.494 e. The largest absolute Gasteiger partial charge is 0.494 e. The van der Waals surface area contributed by atoms with Crippen LogP contribution in [0.25, 0.3) is 10.9 Å². The Hall–Kier alpha value is -1.77. The van der Waals surface area contributed by atoms with Gasteiger partial charge in [0, 0.05) is 29.4 Å². The van der Waals surface area contributed by atoms with Crippen molar-refractivity contribution in [2.45, 2.75) is 39.2 Å². The van der Waals surface area contributed by atoms with Crippen molar-refractivity contribution >= 4 is 16.6 Å². The van der Waals surface area contributed by atoms with Gasteiger partial charge in [0.15, 0.2) is 0 Å². The lowest BCUT2D eigenvalue weighted by Crippen LogP contribution is -2.37. The lowest BCUT2D eigenvalue weighted by molar-refractivity contribution is 0.419. The number of fused-ring (bicyclic) bond motifs is 1. The van der Waals surface area contributed by atoms with E-state index in [1.165, 1.54) is 30.3 Å². The molecular formula is C17H22N2O. The van der Waals surface area contributed by atoms with Crippen molar-refractivity contribution in [3.63, 3.8) is 0 Å². The van der Waals surface area contributed by atoms with Crippen LogP contribution >= 0.6 is 0 Å². The maximum Gasteiger partial charge on any atom is 0.145 e. The summed E-state index contributed by atoms with van der Waals surface area (Å²) in [5, 5.41) is 1.20. The number of para-hydroxylation sites is 1. The Labute approximate surface area is 120 Å². The molecular weight excluding hydrogens is 248 g/mol. The number of piperidine rings is 1. The van der Waals surface area contributed by atoms with Gasteiger partial charge in [-0.05, 0) is 45.2 Å². The molecule has 0 spiro atoms. The highest BCUT2D eigenvalue weighted by molar-refractivity contribution is 5.95. The number of pyridine rings is 1. The van der Waals surface area contributed by atoms with Gasteiger partial charge in [0.05, 0.1) is 7.11 Å². The van der Waals surface area contributed by atoms with E-state index >= 15 is 0 Å². The van der Waals surface area contributed by atoms with E-state index in [-0.39, 0.29) is 0 Å². The Morgan fingerprint density at radius 3 is 2.90 bits per heavy atom. The molecule has 0 amide bonds. The summed E-state index contributed by atoms with van der Waals surface area (Å²) in [6, 6.07) is 9.00. The molecule has 20 heavy (non-hydrogen) atoms. The SMILES string of the molecule is COc1cccc2c(N3CCCCC3C)cc(C)nc12. The fourth-order valence-corrected chi connectivity index (χ4v) is 3.19. The van der Waals surface area contributed by atoms with Crippen LogP contribution in [0.2, 0.25) is 0 Å². The average Bonchev–Trinajstić information content (AvgIpc) is 2.46. The van der Waals surface area contributed by atoms with Gasteiger partial charge < -0.3 is 9.64 Å². The molecule has 1 aromatic carbocycles. The fourth-order valence-electron chi connectivity index (χ4n) is 3.19. The van der Waals surface area contributed by atoms with Crippen molar-refractivity contribution in [1.82, 2.24) is 4.98 Å². The first kappa shape index (κ1) is 13.2. The molecule has 0 aliphatic carbocycles. The molecule has 106 valence electrons. The number of aryl methyl sites for hydroxylation is 1. The molecule has 0 saturated carbocycles. The second-order valence-electron chi connectivity index (χ2n) is 5.68. The number of hydrogen-bond donors (Lipinski definition) is 0.